The van der Waals surface area contributed by atoms with E-state index in [1.54, 1.807) is 36.4 Å². The number of nitrogens with one attached hydrogen (secondary N) is 3. The van der Waals surface area contributed by atoms with E-state index in [2.05, 4.69) is 5.32 Å². The molecule has 2 aromatic carbocycles. The lowest BCUT2D eigenvalue weighted by Gasteiger charge is -2.27. The third-order valence-corrected chi connectivity index (χ3v) is 4.80. The largest absolute Gasteiger partial charge is 0.494 e. The van der Waals surface area contributed by atoms with Gasteiger partial charge >= 0.3 is 5.69 Å². The molecule has 8 heteroatoms. The first-order chi connectivity index (χ1) is 13.4. The molecule has 140 valence electrons. The molecule has 8 nitrogen and oxygen atoms in total. The molecule has 0 atom stereocenters. The average molecular weight is 377 g/mol. The maximum Gasteiger partial charge on any atom is 0.328 e. The number of hydrogen-bond acceptors (Lipinski definition) is 6. The fraction of sp³-hybridized carbons (Fsp3) is 0.100. The van der Waals surface area contributed by atoms with Gasteiger partial charge in [-0.3, -0.25) is 29.7 Å². The summed E-state index contributed by atoms with van der Waals surface area (Å²) >= 11 is 0. The molecule has 0 unspecified atom stereocenters. The van der Waals surface area contributed by atoms with Crippen LogP contribution in [-0.4, -0.2) is 26.6 Å². The maximum absolute atomic E-state index is 13.3. The second-order valence-corrected chi connectivity index (χ2v) is 6.42. The summed E-state index contributed by atoms with van der Waals surface area (Å²) in [6.07, 6.45) is 0. The molecular weight excluding hydrogens is 362 g/mol. The van der Waals surface area contributed by atoms with Crippen LogP contribution in [0.4, 0.5) is 0 Å². The summed E-state index contributed by atoms with van der Waals surface area (Å²) in [5.74, 6) is -2.17. The number of hydrogen-bond donors (Lipinski definition) is 4. The van der Waals surface area contributed by atoms with Gasteiger partial charge in [0.05, 0.1) is 0 Å². The molecule has 0 saturated heterocycles. The van der Waals surface area contributed by atoms with Crippen LogP contribution >= 0.6 is 0 Å². The van der Waals surface area contributed by atoms with Gasteiger partial charge in [-0.25, -0.2) is 4.79 Å². The van der Waals surface area contributed by atoms with E-state index >= 15 is 0 Å². The Bertz CT molecular complexity index is 1180. The van der Waals surface area contributed by atoms with E-state index in [0.717, 1.165) is 5.56 Å². The Labute approximate surface area is 157 Å². The molecule has 1 aliphatic carbocycles. The van der Waals surface area contributed by atoms with Crippen LogP contribution in [0.3, 0.4) is 0 Å². The third kappa shape index (κ3) is 2.50. The smallest absolute Gasteiger partial charge is 0.328 e. The van der Waals surface area contributed by atoms with E-state index in [9.17, 15) is 24.3 Å². The van der Waals surface area contributed by atoms with Gasteiger partial charge in [0.2, 0.25) is 5.88 Å². The predicted octanol–water partition coefficient (Wildman–Crippen LogP) is 0.833. The average Bonchev–Trinajstić information content (AvgIpc) is 2.89. The van der Waals surface area contributed by atoms with Gasteiger partial charge in [0.1, 0.15) is 5.56 Å². The van der Waals surface area contributed by atoms with Crippen molar-refractivity contribution in [2.75, 3.05) is 0 Å². The normalized spacial score (nSPS) is 14.9. The minimum Gasteiger partial charge on any atom is -0.494 e. The van der Waals surface area contributed by atoms with Crippen molar-refractivity contribution < 1.29 is 14.7 Å². The molecule has 1 heterocycles. The molecule has 1 aromatic heterocycles. The number of ketones is 2. The zero-order chi connectivity index (χ0) is 19.9. The molecule has 1 aliphatic rings. The van der Waals surface area contributed by atoms with E-state index in [4.69, 9.17) is 0 Å². The number of aromatic hydroxyl groups is 1. The number of carbonyl (C=O) groups is 2. The van der Waals surface area contributed by atoms with Crippen LogP contribution in [0.5, 0.6) is 5.88 Å². The maximum atomic E-state index is 13.3. The van der Waals surface area contributed by atoms with E-state index in [0.29, 0.717) is 0 Å². The zero-order valence-electron chi connectivity index (χ0n) is 14.5. The molecule has 4 rings (SSSR count). The van der Waals surface area contributed by atoms with Gasteiger partial charge in [-0.1, -0.05) is 54.6 Å². The summed E-state index contributed by atoms with van der Waals surface area (Å²) in [5, 5.41) is 13.2. The highest BCUT2D eigenvalue weighted by Gasteiger charge is 2.57. The summed E-state index contributed by atoms with van der Waals surface area (Å²) in [7, 11) is 0. The molecule has 0 aliphatic heterocycles. The van der Waals surface area contributed by atoms with E-state index in [-0.39, 0.29) is 17.7 Å². The molecule has 0 radical (unpaired) electrons. The van der Waals surface area contributed by atoms with Crippen molar-refractivity contribution in [2.24, 2.45) is 0 Å². The zero-order valence-corrected chi connectivity index (χ0v) is 14.5. The number of fused-ring (bicyclic) bond motifs is 1. The minimum absolute atomic E-state index is 0.0737. The summed E-state index contributed by atoms with van der Waals surface area (Å²) in [4.78, 5) is 54.6. The summed E-state index contributed by atoms with van der Waals surface area (Å²) in [6.45, 7) is 0.0737. The second kappa shape index (κ2) is 6.43. The SMILES string of the molecule is O=C1c2ccccc2C(=O)C1(NCc1ccccc1)c1c(O)[nH]c(=O)[nH]c1=O. The third-order valence-electron chi connectivity index (χ3n) is 4.80. The molecule has 4 N–H and O–H groups in total. The molecule has 0 amide bonds. The first-order valence-corrected chi connectivity index (χ1v) is 8.49. The van der Waals surface area contributed by atoms with Crippen LogP contribution in [0.1, 0.15) is 31.8 Å². The topological polar surface area (TPSA) is 132 Å². The van der Waals surface area contributed by atoms with E-state index in [1.807, 2.05) is 16.0 Å². The Morgan fingerprint density at radius 3 is 1.96 bits per heavy atom. The minimum atomic E-state index is -2.15. The Morgan fingerprint density at radius 2 is 1.39 bits per heavy atom. The Morgan fingerprint density at radius 1 is 0.821 bits per heavy atom. The van der Waals surface area contributed by atoms with Gasteiger partial charge in [0.25, 0.3) is 5.56 Å². The quantitative estimate of drug-likeness (QED) is 0.498. The van der Waals surface area contributed by atoms with Crippen LogP contribution in [0.15, 0.2) is 64.2 Å². The van der Waals surface area contributed by atoms with Crippen molar-refractivity contribution in [3.05, 3.63) is 97.7 Å². The van der Waals surface area contributed by atoms with E-state index in [1.165, 1.54) is 12.1 Å². The highest BCUT2D eigenvalue weighted by atomic mass is 16.3. The van der Waals surface area contributed by atoms with Crippen molar-refractivity contribution in [2.45, 2.75) is 12.1 Å². The lowest BCUT2D eigenvalue weighted by atomic mass is 9.85. The van der Waals surface area contributed by atoms with Crippen LogP contribution in [0.2, 0.25) is 0 Å². The molecule has 0 spiro atoms. The number of carbonyl (C=O) groups excluding carboxylic acids is 2. The first kappa shape index (κ1) is 17.6. The van der Waals surface area contributed by atoms with Crippen molar-refractivity contribution in [3.8, 4) is 5.88 Å². The molecular formula is C20H15N3O5. The first-order valence-electron chi connectivity index (χ1n) is 8.49. The number of H-pyrrole nitrogens is 2. The van der Waals surface area contributed by atoms with Crippen molar-refractivity contribution in [1.82, 2.24) is 15.3 Å². The van der Waals surface area contributed by atoms with Crippen molar-refractivity contribution in [1.29, 1.82) is 0 Å². The van der Waals surface area contributed by atoms with Crippen LogP contribution in [0.25, 0.3) is 0 Å². The van der Waals surface area contributed by atoms with Gasteiger partial charge < -0.3 is 5.11 Å². The highest BCUT2D eigenvalue weighted by Crippen LogP contribution is 2.39. The van der Waals surface area contributed by atoms with Crippen LogP contribution in [-0.2, 0) is 12.1 Å². The van der Waals surface area contributed by atoms with Gasteiger partial charge in [-0.15, -0.1) is 0 Å². The van der Waals surface area contributed by atoms with Gasteiger partial charge in [-0.2, -0.15) is 0 Å². The van der Waals surface area contributed by atoms with Crippen molar-refractivity contribution in [3.63, 3.8) is 0 Å². The number of benzene rings is 2. The monoisotopic (exact) mass is 377 g/mol. The van der Waals surface area contributed by atoms with Gasteiger partial charge in [0.15, 0.2) is 17.1 Å². The fourth-order valence-electron chi connectivity index (χ4n) is 3.52. The lowest BCUT2D eigenvalue weighted by molar-refractivity contribution is 0.0745. The molecule has 3 aromatic rings. The molecule has 0 fully saturated rings. The van der Waals surface area contributed by atoms with Gasteiger partial charge in [-0.05, 0) is 5.56 Å². The molecule has 0 saturated carbocycles. The Balaban J connectivity index is 1.93. The van der Waals surface area contributed by atoms with Crippen LogP contribution in [0, 0.1) is 0 Å². The van der Waals surface area contributed by atoms with Crippen molar-refractivity contribution >= 4 is 11.6 Å². The highest BCUT2D eigenvalue weighted by molar-refractivity contribution is 6.33. The number of Topliss-reactive ketones (excluding diaryl/α,β-unsaturated/α-hetero) is 2. The predicted molar refractivity (Wildman–Crippen MR) is 99.4 cm³/mol. The summed E-state index contributed by atoms with van der Waals surface area (Å²) in [6, 6.07) is 15.2. The molecule has 28 heavy (non-hydrogen) atoms. The van der Waals surface area contributed by atoms with Crippen LogP contribution < -0.4 is 16.6 Å². The standard InChI is InChI=1S/C20H15N3O5/c24-15-12-8-4-5-9-13(12)16(25)20(15,21-10-11-6-2-1-3-7-11)14-17(26)22-19(28)23-18(14)27/h1-9,21H,10H2,(H3,22,23,26,27,28). The van der Waals surface area contributed by atoms with Gasteiger partial charge in [0, 0.05) is 17.7 Å². The number of rotatable bonds is 4. The summed E-state index contributed by atoms with van der Waals surface area (Å²) in [5.41, 5.74) is -3.61. The van der Waals surface area contributed by atoms with E-state index < -0.39 is 39.8 Å². The number of aromatic nitrogens is 2. The Kier molecular flexibility index (Phi) is 4.05. The lowest BCUT2D eigenvalue weighted by Crippen LogP contribution is -2.54. The second-order valence-electron chi connectivity index (χ2n) is 6.42. The number of aromatic amines is 2. The fourth-order valence-corrected chi connectivity index (χ4v) is 3.52. The molecule has 0 bridgehead atoms. The summed E-state index contributed by atoms with van der Waals surface area (Å²) < 4.78 is 0. The Hall–Kier alpha value is -3.78.